The zero-order valence-electron chi connectivity index (χ0n) is 11.1. The molecule has 3 aromatic carbocycles. The molecule has 0 heterocycles. The molecule has 0 unspecified atom stereocenters. The number of benzene rings is 3. The molecule has 0 aromatic heterocycles. The van der Waals surface area contributed by atoms with Crippen LogP contribution in [0.5, 0.6) is 11.5 Å². The number of aryl methyl sites for hydroxylation is 1. The Morgan fingerprint density at radius 2 is 1.63 bits per heavy atom. The number of aromatic hydroxyl groups is 1. The lowest BCUT2D eigenvalue weighted by molar-refractivity contribution is 0.424. The van der Waals surface area contributed by atoms with Crippen LogP contribution in [0.4, 0.5) is 0 Å². The summed E-state index contributed by atoms with van der Waals surface area (Å²) in [5.41, 5.74) is 1.21. The molecule has 0 fully saturated rings. The van der Waals surface area contributed by atoms with Crippen molar-refractivity contribution in [3.05, 3.63) is 48.0 Å². The van der Waals surface area contributed by atoms with Gasteiger partial charge >= 0.3 is 0 Å². The Morgan fingerprint density at radius 3 is 2.32 bits per heavy atom. The monoisotopic (exact) mass is 252 g/mol. The van der Waals surface area contributed by atoms with Crippen LogP contribution in [0.3, 0.4) is 0 Å². The fourth-order valence-corrected chi connectivity index (χ4v) is 2.60. The lowest BCUT2D eigenvalue weighted by Crippen LogP contribution is -1.90. The van der Waals surface area contributed by atoms with Gasteiger partial charge < -0.3 is 9.84 Å². The topological polar surface area (TPSA) is 29.5 Å². The molecule has 2 heteroatoms. The van der Waals surface area contributed by atoms with E-state index in [0.717, 1.165) is 33.7 Å². The van der Waals surface area contributed by atoms with E-state index in [4.69, 9.17) is 4.74 Å². The van der Waals surface area contributed by atoms with Crippen molar-refractivity contribution in [1.82, 2.24) is 0 Å². The summed E-state index contributed by atoms with van der Waals surface area (Å²) >= 11 is 0. The first-order valence-electron chi connectivity index (χ1n) is 6.46. The molecule has 0 amide bonds. The molecule has 0 aliphatic rings. The van der Waals surface area contributed by atoms with Crippen molar-refractivity contribution in [3.8, 4) is 11.5 Å². The van der Waals surface area contributed by atoms with Crippen LogP contribution >= 0.6 is 0 Å². The van der Waals surface area contributed by atoms with E-state index in [1.54, 1.807) is 7.11 Å². The summed E-state index contributed by atoms with van der Waals surface area (Å²) in [6, 6.07) is 13.9. The second-order valence-electron chi connectivity index (χ2n) is 4.66. The third kappa shape index (κ3) is 1.72. The minimum absolute atomic E-state index is 0.335. The zero-order chi connectivity index (χ0) is 13.4. The van der Waals surface area contributed by atoms with E-state index in [0.29, 0.717) is 5.75 Å². The first kappa shape index (κ1) is 11.8. The van der Waals surface area contributed by atoms with Crippen LogP contribution in [0.1, 0.15) is 12.5 Å². The lowest BCUT2D eigenvalue weighted by Gasteiger charge is -2.13. The second kappa shape index (κ2) is 4.47. The Kier molecular flexibility index (Phi) is 2.79. The Labute approximate surface area is 112 Å². The van der Waals surface area contributed by atoms with E-state index >= 15 is 0 Å². The molecule has 0 aliphatic heterocycles. The number of phenolic OH excluding ortho intramolecular Hbond substituents is 1. The summed E-state index contributed by atoms with van der Waals surface area (Å²) in [4.78, 5) is 0. The van der Waals surface area contributed by atoms with Gasteiger partial charge in [0.05, 0.1) is 7.11 Å². The van der Waals surface area contributed by atoms with Crippen molar-refractivity contribution in [2.45, 2.75) is 13.3 Å². The van der Waals surface area contributed by atoms with E-state index < -0.39 is 0 Å². The molecule has 19 heavy (non-hydrogen) atoms. The molecule has 96 valence electrons. The average Bonchev–Trinajstić information content (AvgIpc) is 2.48. The van der Waals surface area contributed by atoms with Crippen molar-refractivity contribution in [1.29, 1.82) is 0 Å². The predicted molar refractivity (Wildman–Crippen MR) is 79.0 cm³/mol. The number of fused-ring (bicyclic) bond motifs is 2. The molecule has 0 spiro atoms. The van der Waals surface area contributed by atoms with Gasteiger partial charge in [0.1, 0.15) is 11.5 Å². The van der Waals surface area contributed by atoms with Crippen LogP contribution in [0.15, 0.2) is 42.5 Å². The quantitative estimate of drug-likeness (QED) is 0.690. The SMILES string of the molecule is CCc1ccc2c(OC)c3ccccc3c(O)c2c1. The summed E-state index contributed by atoms with van der Waals surface area (Å²) in [5, 5.41) is 14.1. The minimum Gasteiger partial charge on any atom is -0.507 e. The number of ether oxygens (including phenoxy) is 1. The Balaban J connectivity index is 2.53. The van der Waals surface area contributed by atoms with Gasteiger partial charge in [0.15, 0.2) is 0 Å². The van der Waals surface area contributed by atoms with Crippen LogP contribution in [-0.2, 0) is 6.42 Å². The van der Waals surface area contributed by atoms with E-state index in [1.165, 1.54) is 5.56 Å². The molecule has 0 saturated carbocycles. The van der Waals surface area contributed by atoms with Gasteiger partial charge in [-0.3, -0.25) is 0 Å². The molecule has 3 rings (SSSR count). The van der Waals surface area contributed by atoms with Crippen LogP contribution in [0, 0.1) is 0 Å². The third-order valence-electron chi connectivity index (χ3n) is 3.62. The number of methoxy groups -OCH3 is 1. The highest BCUT2D eigenvalue weighted by molar-refractivity contribution is 6.10. The Hall–Kier alpha value is -2.22. The highest BCUT2D eigenvalue weighted by Crippen LogP contribution is 2.42. The van der Waals surface area contributed by atoms with E-state index in [-0.39, 0.29) is 0 Å². The second-order valence-corrected chi connectivity index (χ2v) is 4.66. The standard InChI is InChI=1S/C17H16O2/c1-3-11-8-9-14-15(10-11)16(18)12-6-4-5-7-13(12)17(14)19-2/h4-10,18H,3H2,1-2H3. The average molecular weight is 252 g/mol. The molecule has 0 saturated heterocycles. The van der Waals surface area contributed by atoms with Crippen molar-refractivity contribution >= 4 is 21.5 Å². The van der Waals surface area contributed by atoms with Gasteiger partial charge in [0, 0.05) is 21.5 Å². The maximum atomic E-state index is 10.5. The molecule has 0 atom stereocenters. The van der Waals surface area contributed by atoms with Crippen molar-refractivity contribution in [3.63, 3.8) is 0 Å². The van der Waals surface area contributed by atoms with Gasteiger partial charge in [-0.15, -0.1) is 0 Å². The highest BCUT2D eigenvalue weighted by Gasteiger charge is 2.13. The van der Waals surface area contributed by atoms with Gasteiger partial charge in [-0.05, 0) is 18.1 Å². The molecule has 0 aliphatic carbocycles. The lowest BCUT2D eigenvalue weighted by atomic mass is 9.98. The number of rotatable bonds is 2. The Bertz CT molecular complexity index is 760. The summed E-state index contributed by atoms with van der Waals surface area (Å²) in [5.74, 6) is 1.16. The first-order chi connectivity index (χ1) is 9.26. The predicted octanol–water partition coefficient (Wildman–Crippen LogP) is 4.27. The summed E-state index contributed by atoms with van der Waals surface area (Å²) in [6.45, 7) is 2.11. The van der Waals surface area contributed by atoms with Crippen LogP contribution in [0.25, 0.3) is 21.5 Å². The van der Waals surface area contributed by atoms with Crippen molar-refractivity contribution in [2.24, 2.45) is 0 Å². The van der Waals surface area contributed by atoms with E-state index in [2.05, 4.69) is 13.0 Å². The van der Waals surface area contributed by atoms with E-state index in [1.807, 2.05) is 36.4 Å². The van der Waals surface area contributed by atoms with Gasteiger partial charge in [-0.2, -0.15) is 0 Å². The molecule has 0 radical (unpaired) electrons. The van der Waals surface area contributed by atoms with Gasteiger partial charge in [-0.1, -0.05) is 43.3 Å². The molecule has 2 nitrogen and oxygen atoms in total. The normalized spacial score (nSPS) is 11.1. The molecular weight excluding hydrogens is 236 g/mol. The summed E-state index contributed by atoms with van der Waals surface area (Å²) in [7, 11) is 1.67. The number of hydrogen-bond donors (Lipinski definition) is 1. The summed E-state index contributed by atoms with van der Waals surface area (Å²) < 4.78 is 5.56. The van der Waals surface area contributed by atoms with Crippen LogP contribution in [0.2, 0.25) is 0 Å². The fourth-order valence-electron chi connectivity index (χ4n) is 2.60. The smallest absolute Gasteiger partial charge is 0.134 e. The molecule has 0 bridgehead atoms. The maximum Gasteiger partial charge on any atom is 0.134 e. The van der Waals surface area contributed by atoms with Crippen molar-refractivity contribution < 1.29 is 9.84 Å². The Morgan fingerprint density at radius 1 is 0.947 bits per heavy atom. The van der Waals surface area contributed by atoms with Gasteiger partial charge in [0.2, 0.25) is 0 Å². The highest BCUT2D eigenvalue weighted by atomic mass is 16.5. The molecule has 3 aromatic rings. The minimum atomic E-state index is 0.335. The fraction of sp³-hybridized carbons (Fsp3) is 0.176. The van der Waals surface area contributed by atoms with Crippen LogP contribution in [-0.4, -0.2) is 12.2 Å². The zero-order valence-corrected chi connectivity index (χ0v) is 11.1. The first-order valence-corrected chi connectivity index (χ1v) is 6.46. The van der Waals surface area contributed by atoms with Gasteiger partial charge in [0.25, 0.3) is 0 Å². The van der Waals surface area contributed by atoms with Gasteiger partial charge in [-0.25, -0.2) is 0 Å². The number of phenols is 1. The molecule has 1 N–H and O–H groups in total. The van der Waals surface area contributed by atoms with Crippen LogP contribution < -0.4 is 4.74 Å². The summed E-state index contributed by atoms with van der Waals surface area (Å²) in [6.07, 6.45) is 0.949. The van der Waals surface area contributed by atoms with Crippen molar-refractivity contribution in [2.75, 3.05) is 7.11 Å². The third-order valence-corrected chi connectivity index (χ3v) is 3.62. The van der Waals surface area contributed by atoms with E-state index in [9.17, 15) is 5.11 Å². The number of hydrogen-bond acceptors (Lipinski definition) is 2. The largest absolute Gasteiger partial charge is 0.507 e. The maximum absolute atomic E-state index is 10.5. The molecular formula is C17H16O2.